The van der Waals surface area contributed by atoms with Gasteiger partial charge in [0.05, 0.1) is 16.4 Å². The van der Waals surface area contributed by atoms with Crippen LogP contribution in [0.4, 0.5) is 0 Å². The van der Waals surface area contributed by atoms with Crippen LogP contribution in [0.15, 0.2) is 122 Å². The van der Waals surface area contributed by atoms with Gasteiger partial charge in [-0.3, -0.25) is 4.57 Å². The Morgan fingerprint density at radius 1 is 0.571 bits per heavy atom. The summed E-state index contributed by atoms with van der Waals surface area (Å²) in [5.74, 6) is 1.82. The van der Waals surface area contributed by atoms with Crippen molar-refractivity contribution in [1.82, 2.24) is 9.55 Å². The van der Waals surface area contributed by atoms with Crippen molar-refractivity contribution >= 4 is 11.0 Å². The molecule has 0 amide bonds. The number of imidazole rings is 1. The first-order valence-corrected chi connectivity index (χ1v) is 11.9. The molecule has 0 radical (unpaired) electrons. The molecular weight excluding hydrogens is 428 g/mol. The Hall–Kier alpha value is -4.63. The number of hydrogen-bond donors (Lipinski definition) is 0. The third kappa shape index (κ3) is 2.32. The van der Waals surface area contributed by atoms with Gasteiger partial charge in [-0.15, -0.1) is 0 Å². The van der Waals surface area contributed by atoms with Crippen molar-refractivity contribution in [2.75, 3.05) is 0 Å². The van der Waals surface area contributed by atoms with Crippen molar-refractivity contribution in [1.29, 1.82) is 0 Å². The van der Waals surface area contributed by atoms with Crippen LogP contribution in [0.5, 0.6) is 11.5 Å². The Balaban J connectivity index is 1.51. The van der Waals surface area contributed by atoms with Gasteiger partial charge in [0.25, 0.3) is 0 Å². The molecule has 35 heavy (non-hydrogen) atoms. The van der Waals surface area contributed by atoms with Crippen LogP contribution in [-0.4, -0.2) is 9.55 Å². The summed E-state index contributed by atoms with van der Waals surface area (Å²) < 4.78 is 8.62. The molecule has 2 heterocycles. The van der Waals surface area contributed by atoms with Gasteiger partial charge in [0.1, 0.15) is 17.8 Å². The largest absolute Gasteiger partial charge is 0.457 e. The minimum atomic E-state index is -0.455. The van der Waals surface area contributed by atoms with E-state index in [2.05, 4.69) is 119 Å². The van der Waals surface area contributed by atoms with Gasteiger partial charge in [0.15, 0.2) is 0 Å². The lowest BCUT2D eigenvalue weighted by atomic mass is 9.66. The van der Waals surface area contributed by atoms with E-state index >= 15 is 0 Å². The van der Waals surface area contributed by atoms with Crippen LogP contribution in [0.2, 0.25) is 0 Å². The average Bonchev–Trinajstić information content (AvgIpc) is 3.47. The molecule has 2 aliphatic rings. The smallest absolute Gasteiger partial charge is 0.132 e. The summed E-state index contributed by atoms with van der Waals surface area (Å²) in [4.78, 5) is 4.65. The van der Waals surface area contributed by atoms with Crippen LogP contribution in [0.3, 0.4) is 0 Å². The van der Waals surface area contributed by atoms with Crippen LogP contribution in [-0.2, 0) is 5.41 Å². The Kier molecular flexibility index (Phi) is 3.59. The van der Waals surface area contributed by atoms with Gasteiger partial charge in [-0.25, -0.2) is 4.98 Å². The van der Waals surface area contributed by atoms with Gasteiger partial charge >= 0.3 is 0 Å². The summed E-state index contributed by atoms with van der Waals surface area (Å²) in [6.07, 6.45) is 1.92. The van der Waals surface area contributed by atoms with Crippen molar-refractivity contribution < 1.29 is 4.74 Å². The van der Waals surface area contributed by atoms with Crippen molar-refractivity contribution in [3.8, 4) is 28.3 Å². The van der Waals surface area contributed by atoms with Crippen LogP contribution >= 0.6 is 0 Å². The van der Waals surface area contributed by atoms with Gasteiger partial charge in [-0.1, -0.05) is 78.9 Å². The summed E-state index contributed by atoms with van der Waals surface area (Å²) >= 11 is 0. The van der Waals surface area contributed by atoms with Gasteiger partial charge in [0, 0.05) is 16.8 Å². The van der Waals surface area contributed by atoms with Crippen LogP contribution in [0.25, 0.3) is 27.8 Å². The highest BCUT2D eigenvalue weighted by Crippen LogP contribution is 2.62. The lowest BCUT2D eigenvalue weighted by Gasteiger charge is -2.39. The van der Waals surface area contributed by atoms with E-state index in [1.807, 2.05) is 12.4 Å². The van der Waals surface area contributed by atoms with E-state index in [0.717, 1.165) is 28.2 Å². The second-order valence-corrected chi connectivity index (χ2v) is 9.22. The molecule has 0 atom stereocenters. The highest BCUT2D eigenvalue weighted by Gasteiger charge is 2.51. The normalized spacial score (nSPS) is 14.2. The summed E-state index contributed by atoms with van der Waals surface area (Å²) in [6, 6.07) is 40.9. The molecule has 0 saturated carbocycles. The highest BCUT2D eigenvalue weighted by atomic mass is 16.5. The second kappa shape index (κ2) is 6.71. The molecule has 1 aromatic heterocycles. The molecule has 3 nitrogen and oxygen atoms in total. The van der Waals surface area contributed by atoms with E-state index in [9.17, 15) is 0 Å². The summed E-state index contributed by atoms with van der Waals surface area (Å²) in [7, 11) is 0. The first kappa shape index (κ1) is 18.8. The fraction of sp³-hybridized carbons (Fsp3) is 0.0312. The predicted molar refractivity (Wildman–Crippen MR) is 138 cm³/mol. The first-order valence-electron chi connectivity index (χ1n) is 11.9. The summed E-state index contributed by atoms with van der Waals surface area (Å²) in [5, 5.41) is 0. The number of para-hydroxylation sites is 4. The number of benzene rings is 5. The maximum atomic E-state index is 6.44. The molecule has 8 rings (SSSR count). The van der Waals surface area contributed by atoms with Crippen molar-refractivity contribution in [3.05, 3.63) is 144 Å². The van der Waals surface area contributed by atoms with E-state index in [1.165, 1.54) is 33.4 Å². The Morgan fingerprint density at radius 2 is 1.20 bits per heavy atom. The molecule has 0 unspecified atom stereocenters. The fourth-order valence-electron chi connectivity index (χ4n) is 6.16. The Bertz CT molecular complexity index is 1750. The topological polar surface area (TPSA) is 27.1 Å². The number of hydrogen-bond acceptors (Lipinski definition) is 2. The molecule has 3 heteroatoms. The maximum absolute atomic E-state index is 6.44. The van der Waals surface area contributed by atoms with Crippen LogP contribution < -0.4 is 4.74 Å². The molecule has 0 fully saturated rings. The third-order valence-corrected chi connectivity index (χ3v) is 7.56. The van der Waals surface area contributed by atoms with Crippen LogP contribution in [0.1, 0.15) is 22.3 Å². The van der Waals surface area contributed by atoms with E-state index in [4.69, 9.17) is 4.74 Å². The second-order valence-electron chi connectivity index (χ2n) is 9.22. The number of fused-ring (bicyclic) bond motifs is 10. The molecule has 6 aromatic rings. The standard InChI is InChI=1S/C32H20N2O/c1-2-10-24-22(9-1)23-18-17-21(34-20-33-28-13-5-6-14-29(28)34)19-27(23)32(24)25-11-3-7-15-30(25)35-31-16-8-4-12-26(31)32/h1-20H. The van der Waals surface area contributed by atoms with E-state index < -0.39 is 5.41 Å². The van der Waals surface area contributed by atoms with Crippen molar-refractivity contribution in [2.45, 2.75) is 5.41 Å². The molecule has 1 aliphatic heterocycles. The Labute approximate surface area is 202 Å². The zero-order valence-electron chi connectivity index (χ0n) is 18.8. The van der Waals surface area contributed by atoms with Crippen LogP contribution in [0, 0.1) is 0 Å². The number of nitrogens with zero attached hydrogens (tertiary/aromatic N) is 2. The minimum Gasteiger partial charge on any atom is -0.457 e. The monoisotopic (exact) mass is 448 g/mol. The number of rotatable bonds is 1. The SMILES string of the molecule is c1ccc2c(c1)Oc1ccccc1C21c2ccccc2-c2ccc(-n3cnc4ccccc43)cc21. The molecule has 5 aromatic carbocycles. The minimum absolute atomic E-state index is 0.455. The van der Waals surface area contributed by atoms with E-state index in [0.29, 0.717) is 0 Å². The third-order valence-electron chi connectivity index (χ3n) is 7.56. The van der Waals surface area contributed by atoms with Crippen molar-refractivity contribution in [2.24, 2.45) is 0 Å². The molecule has 1 spiro atoms. The van der Waals surface area contributed by atoms with E-state index in [-0.39, 0.29) is 0 Å². The molecule has 0 N–H and O–H groups in total. The van der Waals surface area contributed by atoms with Gasteiger partial charge in [0.2, 0.25) is 0 Å². The summed E-state index contributed by atoms with van der Waals surface area (Å²) in [6.45, 7) is 0. The molecule has 0 saturated heterocycles. The van der Waals surface area contributed by atoms with Gasteiger partial charge < -0.3 is 4.74 Å². The zero-order chi connectivity index (χ0) is 23.0. The quantitative estimate of drug-likeness (QED) is 0.260. The lowest BCUT2D eigenvalue weighted by Crippen LogP contribution is -2.32. The van der Waals surface area contributed by atoms with Gasteiger partial charge in [-0.05, 0) is 58.7 Å². The average molecular weight is 449 g/mol. The fourth-order valence-corrected chi connectivity index (χ4v) is 6.16. The molecule has 1 aliphatic carbocycles. The lowest BCUT2D eigenvalue weighted by molar-refractivity contribution is 0.436. The summed E-state index contributed by atoms with van der Waals surface area (Å²) in [5.41, 5.74) is 10.2. The molecule has 164 valence electrons. The predicted octanol–water partition coefficient (Wildman–Crippen LogP) is 7.49. The molecular formula is C32H20N2O. The zero-order valence-corrected chi connectivity index (χ0v) is 18.8. The maximum Gasteiger partial charge on any atom is 0.132 e. The van der Waals surface area contributed by atoms with E-state index in [1.54, 1.807) is 0 Å². The Morgan fingerprint density at radius 3 is 2.00 bits per heavy atom. The molecule has 0 bridgehead atoms. The highest BCUT2D eigenvalue weighted by molar-refractivity contribution is 5.89. The number of ether oxygens (including phenoxy) is 1. The van der Waals surface area contributed by atoms with Gasteiger partial charge in [-0.2, -0.15) is 0 Å². The number of aromatic nitrogens is 2. The van der Waals surface area contributed by atoms with Crippen molar-refractivity contribution in [3.63, 3.8) is 0 Å². The first-order chi connectivity index (χ1) is 17.4.